The highest BCUT2D eigenvalue weighted by Crippen LogP contribution is 2.30. The van der Waals surface area contributed by atoms with Gasteiger partial charge in [0.05, 0.1) is 6.61 Å². The van der Waals surface area contributed by atoms with Gasteiger partial charge in [-0.3, -0.25) is 0 Å². The Hall–Kier alpha value is -0.710. The summed E-state index contributed by atoms with van der Waals surface area (Å²) in [5, 5.41) is 0. The van der Waals surface area contributed by atoms with E-state index in [-0.39, 0.29) is 0 Å². The fourth-order valence-electron chi connectivity index (χ4n) is 2.11. The van der Waals surface area contributed by atoms with Crippen LogP contribution in [0.3, 0.4) is 0 Å². The number of ether oxygens (including phenoxy) is 1. The van der Waals surface area contributed by atoms with E-state index in [9.17, 15) is 0 Å². The summed E-state index contributed by atoms with van der Waals surface area (Å²) < 4.78 is 5.46. The first-order chi connectivity index (χ1) is 9.28. The van der Waals surface area contributed by atoms with Crippen LogP contribution in [0.15, 0.2) is 23.1 Å². The van der Waals surface area contributed by atoms with E-state index in [0.717, 1.165) is 32.1 Å². The molecular weight excluding hydrogens is 256 g/mol. The average Bonchev–Trinajstić information content (AvgIpc) is 2.44. The van der Waals surface area contributed by atoms with Crippen molar-refractivity contribution in [3.05, 3.63) is 23.8 Å². The molecule has 0 aliphatic rings. The SMILES string of the molecule is CCOCCN(CC)c1cccc(SCC)c1CN. The fraction of sp³-hybridized carbons (Fsp3) is 0.600. The van der Waals surface area contributed by atoms with Gasteiger partial charge in [-0.2, -0.15) is 0 Å². The molecule has 0 fully saturated rings. The van der Waals surface area contributed by atoms with E-state index in [4.69, 9.17) is 10.5 Å². The standard InChI is InChI=1S/C15H26N2OS/c1-4-17(10-11-18-5-2)14-8-7-9-15(19-6-3)13(14)12-16/h7-9H,4-6,10-12,16H2,1-3H3. The summed E-state index contributed by atoms with van der Waals surface area (Å²) in [4.78, 5) is 3.65. The van der Waals surface area contributed by atoms with E-state index in [1.807, 2.05) is 18.7 Å². The molecule has 4 heteroatoms. The topological polar surface area (TPSA) is 38.5 Å². The van der Waals surface area contributed by atoms with Gasteiger partial charge in [-0.15, -0.1) is 11.8 Å². The maximum absolute atomic E-state index is 5.96. The number of rotatable bonds is 9. The van der Waals surface area contributed by atoms with Crippen molar-refractivity contribution in [1.29, 1.82) is 0 Å². The molecule has 0 aliphatic carbocycles. The van der Waals surface area contributed by atoms with Crippen LogP contribution < -0.4 is 10.6 Å². The van der Waals surface area contributed by atoms with Gasteiger partial charge in [-0.25, -0.2) is 0 Å². The second kappa shape index (κ2) is 9.23. The van der Waals surface area contributed by atoms with Crippen LogP contribution >= 0.6 is 11.8 Å². The Morgan fingerprint density at radius 1 is 1.26 bits per heavy atom. The number of benzene rings is 1. The van der Waals surface area contributed by atoms with Gasteiger partial charge in [0.2, 0.25) is 0 Å². The van der Waals surface area contributed by atoms with Crippen LogP contribution in [-0.2, 0) is 11.3 Å². The smallest absolute Gasteiger partial charge is 0.0641 e. The number of thioether (sulfide) groups is 1. The fourth-order valence-corrected chi connectivity index (χ4v) is 2.96. The molecule has 1 aromatic rings. The van der Waals surface area contributed by atoms with Gasteiger partial charge in [0.1, 0.15) is 0 Å². The van der Waals surface area contributed by atoms with Crippen molar-refractivity contribution in [2.24, 2.45) is 5.73 Å². The number of likely N-dealkylation sites (N-methyl/N-ethyl adjacent to an activating group) is 1. The van der Waals surface area contributed by atoms with Crippen molar-refractivity contribution in [2.45, 2.75) is 32.2 Å². The van der Waals surface area contributed by atoms with E-state index >= 15 is 0 Å². The lowest BCUT2D eigenvalue weighted by molar-refractivity contribution is 0.154. The molecule has 0 amide bonds. The number of hydrogen-bond acceptors (Lipinski definition) is 4. The summed E-state index contributed by atoms with van der Waals surface area (Å²) in [5.74, 6) is 1.07. The van der Waals surface area contributed by atoms with E-state index in [0.29, 0.717) is 6.54 Å². The monoisotopic (exact) mass is 282 g/mol. The highest BCUT2D eigenvalue weighted by Gasteiger charge is 2.12. The molecule has 0 saturated heterocycles. The molecule has 0 saturated carbocycles. The maximum Gasteiger partial charge on any atom is 0.0641 e. The molecule has 2 N–H and O–H groups in total. The van der Waals surface area contributed by atoms with E-state index in [2.05, 4.69) is 36.9 Å². The predicted molar refractivity (Wildman–Crippen MR) is 85.1 cm³/mol. The molecule has 0 bridgehead atoms. The Labute approximate surface area is 121 Å². The van der Waals surface area contributed by atoms with Crippen LogP contribution in [-0.4, -0.2) is 32.1 Å². The minimum absolute atomic E-state index is 0.587. The van der Waals surface area contributed by atoms with Crippen LogP contribution in [0.25, 0.3) is 0 Å². The predicted octanol–water partition coefficient (Wildman–Crippen LogP) is 3.12. The first kappa shape index (κ1) is 16.3. The molecule has 0 unspecified atom stereocenters. The zero-order chi connectivity index (χ0) is 14.1. The Bertz CT molecular complexity index is 371. The van der Waals surface area contributed by atoms with Crippen LogP contribution in [0, 0.1) is 0 Å². The quantitative estimate of drug-likeness (QED) is 0.558. The molecule has 1 rings (SSSR count). The normalized spacial score (nSPS) is 10.7. The Morgan fingerprint density at radius 3 is 2.63 bits per heavy atom. The molecule has 0 aliphatic heterocycles. The highest BCUT2D eigenvalue weighted by molar-refractivity contribution is 7.99. The van der Waals surface area contributed by atoms with Crippen molar-refractivity contribution in [3.63, 3.8) is 0 Å². The zero-order valence-electron chi connectivity index (χ0n) is 12.3. The second-order valence-electron chi connectivity index (χ2n) is 4.17. The molecule has 0 aromatic heterocycles. The van der Waals surface area contributed by atoms with Gasteiger partial charge >= 0.3 is 0 Å². The summed E-state index contributed by atoms with van der Waals surface area (Å²) in [6, 6.07) is 6.45. The van der Waals surface area contributed by atoms with Gasteiger partial charge in [0, 0.05) is 42.4 Å². The maximum atomic E-state index is 5.96. The summed E-state index contributed by atoms with van der Waals surface area (Å²) in [6.45, 7) is 10.4. The number of anilines is 1. The lowest BCUT2D eigenvalue weighted by Crippen LogP contribution is -2.28. The molecule has 1 aromatic carbocycles. The third-order valence-electron chi connectivity index (χ3n) is 3.04. The average molecular weight is 282 g/mol. The first-order valence-corrected chi connectivity index (χ1v) is 8.04. The van der Waals surface area contributed by atoms with Crippen molar-refractivity contribution in [1.82, 2.24) is 0 Å². The molecule has 0 spiro atoms. The van der Waals surface area contributed by atoms with Crippen molar-refractivity contribution >= 4 is 17.4 Å². The van der Waals surface area contributed by atoms with E-state index in [1.54, 1.807) is 0 Å². The number of nitrogens with zero attached hydrogens (tertiary/aromatic N) is 1. The molecule has 0 heterocycles. The van der Waals surface area contributed by atoms with Gasteiger partial charge in [-0.05, 0) is 31.7 Å². The van der Waals surface area contributed by atoms with Crippen LogP contribution in [0.2, 0.25) is 0 Å². The minimum Gasteiger partial charge on any atom is -0.380 e. The minimum atomic E-state index is 0.587. The molecule has 3 nitrogen and oxygen atoms in total. The van der Waals surface area contributed by atoms with Gasteiger partial charge in [0.15, 0.2) is 0 Å². The third-order valence-corrected chi connectivity index (χ3v) is 4.03. The zero-order valence-corrected chi connectivity index (χ0v) is 13.1. The van der Waals surface area contributed by atoms with Gasteiger partial charge in [-0.1, -0.05) is 13.0 Å². The van der Waals surface area contributed by atoms with E-state index in [1.165, 1.54) is 16.1 Å². The van der Waals surface area contributed by atoms with Crippen molar-refractivity contribution < 1.29 is 4.74 Å². The van der Waals surface area contributed by atoms with E-state index < -0.39 is 0 Å². The lowest BCUT2D eigenvalue weighted by atomic mass is 10.1. The summed E-state index contributed by atoms with van der Waals surface area (Å²) in [7, 11) is 0. The number of nitrogens with two attached hydrogens (primary N) is 1. The summed E-state index contributed by atoms with van der Waals surface area (Å²) in [5.41, 5.74) is 8.47. The van der Waals surface area contributed by atoms with Crippen molar-refractivity contribution in [2.75, 3.05) is 37.0 Å². The molecule has 108 valence electrons. The largest absolute Gasteiger partial charge is 0.380 e. The van der Waals surface area contributed by atoms with Crippen LogP contribution in [0.4, 0.5) is 5.69 Å². The van der Waals surface area contributed by atoms with Gasteiger partial charge in [0.25, 0.3) is 0 Å². The Balaban J connectivity index is 2.91. The number of hydrogen-bond donors (Lipinski definition) is 1. The molecule has 19 heavy (non-hydrogen) atoms. The second-order valence-corrected chi connectivity index (χ2v) is 5.47. The first-order valence-electron chi connectivity index (χ1n) is 7.05. The molecule has 0 radical (unpaired) electrons. The summed E-state index contributed by atoms with van der Waals surface area (Å²) in [6.07, 6.45) is 0. The summed E-state index contributed by atoms with van der Waals surface area (Å²) >= 11 is 1.86. The van der Waals surface area contributed by atoms with Crippen LogP contribution in [0.5, 0.6) is 0 Å². The third kappa shape index (κ3) is 4.71. The highest BCUT2D eigenvalue weighted by atomic mass is 32.2. The lowest BCUT2D eigenvalue weighted by Gasteiger charge is -2.26. The Morgan fingerprint density at radius 2 is 2.05 bits per heavy atom. The van der Waals surface area contributed by atoms with Crippen molar-refractivity contribution in [3.8, 4) is 0 Å². The molecular formula is C15H26N2OS. The Kier molecular flexibility index (Phi) is 7.94. The molecule has 0 atom stereocenters. The van der Waals surface area contributed by atoms with Crippen LogP contribution in [0.1, 0.15) is 26.3 Å². The van der Waals surface area contributed by atoms with Gasteiger partial charge < -0.3 is 15.4 Å².